The van der Waals surface area contributed by atoms with Crippen LogP contribution in [-0.2, 0) is 0 Å². The van der Waals surface area contributed by atoms with Crippen molar-refractivity contribution in [1.82, 2.24) is 5.32 Å². The monoisotopic (exact) mass is 223 g/mol. The molecule has 2 atom stereocenters. The van der Waals surface area contributed by atoms with E-state index in [1.807, 2.05) is 13.8 Å². The predicted octanol–water partition coefficient (Wildman–Crippen LogP) is 2.23. The van der Waals surface area contributed by atoms with Crippen molar-refractivity contribution in [3.05, 3.63) is 34.6 Å². The molecule has 0 bridgehead atoms. The largest absolute Gasteiger partial charge is 0.387 e. The zero-order valence-corrected chi connectivity index (χ0v) is 9.76. The van der Waals surface area contributed by atoms with Crippen LogP contribution < -0.4 is 5.32 Å². The third-order valence-corrected chi connectivity index (χ3v) is 3.33. The van der Waals surface area contributed by atoms with Crippen LogP contribution in [0, 0.1) is 19.7 Å². The molecular weight excluding hydrogens is 205 g/mol. The van der Waals surface area contributed by atoms with Gasteiger partial charge in [-0.1, -0.05) is 0 Å². The molecule has 3 heteroatoms. The van der Waals surface area contributed by atoms with Crippen LogP contribution in [0.1, 0.15) is 35.6 Å². The van der Waals surface area contributed by atoms with Gasteiger partial charge in [-0.15, -0.1) is 0 Å². The van der Waals surface area contributed by atoms with Crippen LogP contribution in [0.2, 0.25) is 0 Å². The topological polar surface area (TPSA) is 32.3 Å². The minimum Gasteiger partial charge on any atom is -0.387 e. The summed E-state index contributed by atoms with van der Waals surface area (Å²) in [5.74, 6) is -0.231. The number of aryl methyl sites for hydroxylation is 2. The van der Waals surface area contributed by atoms with Gasteiger partial charge >= 0.3 is 0 Å². The van der Waals surface area contributed by atoms with E-state index in [1.165, 1.54) is 12.1 Å². The van der Waals surface area contributed by atoms with Gasteiger partial charge in [0.2, 0.25) is 0 Å². The van der Waals surface area contributed by atoms with Gasteiger partial charge in [0.15, 0.2) is 0 Å². The molecule has 0 amide bonds. The normalized spacial score (nSPS) is 22.4. The minimum absolute atomic E-state index is 0.114. The van der Waals surface area contributed by atoms with Crippen LogP contribution in [0.3, 0.4) is 0 Å². The van der Waals surface area contributed by atoms with Gasteiger partial charge in [0.1, 0.15) is 5.82 Å². The maximum atomic E-state index is 13.2. The molecule has 1 fully saturated rings. The number of nitrogens with one attached hydrogen (secondary N) is 1. The van der Waals surface area contributed by atoms with Gasteiger partial charge in [0, 0.05) is 6.04 Å². The molecule has 1 aromatic carbocycles. The number of aliphatic hydroxyl groups excluding tert-OH is 1. The van der Waals surface area contributed by atoms with Gasteiger partial charge in [0.25, 0.3) is 0 Å². The first-order chi connectivity index (χ1) is 7.59. The highest BCUT2D eigenvalue weighted by molar-refractivity contribution is 5.36. The number of hydrogen-bond acceptors (Lipinski definition) is 2. The molecular formula is C13H18FNO. The van der Waals surface area contributed by atoms with E-state index in [4.69, 9.17) is 0 Å². The van der Waals surface area contributed by atoms with Crippen LogP contribution >= 0.6 is 0 Å². The summed E-state index contributed by atoms with van der Waals surface area (Å²) in [6.07, 6.45) is 1.56. The lowest BCUT2D eigenvalue weighted by molar-refractivity contribution is 0.136. The average Bonchev–Trinajstić information content (AvgIpc) is 2.67. The molecule has 0 radical (unpaired) electrons. The molecule has 0 saturated carbocycles. The Labute approximate surface area is 95.5 Å². The first-order valence-electron chi connectivity index (χ1n) is 5.77. The van der Waals surface area contributed by atoms with Crippen LogP contribution in [0.25, 0.3) is 0 Å². The van der Waals surface area contributed by atoms with Crippen molar-refractivity contribution in [3.63, 3.8) is 0 Å². The SMILES string of the molecule is Cc1cc(F)cc(C)c1C(O)C1CCCN1. The summed E-state index contributed by atoms with van der Waals surface area (Å²) in [6, 6.07) is 3.09. The van der Waals surface area contributed by atoms with E-state index in [0.717, 1.165) is 36.1 Å². The van der Waals surface area contributed by atoms with Crippen molar-refractivity contribution in [2.75, 3.05) is 6.54 Å². The van der Waals surface area contributed by atoms with Gasteiger partial charge in [-0.25, -0.2) is 4.39 Å². The van der Waals surface area contributed by atoms with E-state index in [2.05, 4.69) is 5.32 Å². The maximum absolute atomic E-state index is 13.2. The fraction of sp³-hybridized carbons (Fsp3) is 0.538. The lowest BCUT2D eigenvalue weighted by atomic mass is 9.93. The first-order valence-corrected chi connectivity index (χ1v) is 5.77. The van der Waals surface area contributed by atoms with Crippen molar-refractivity contribution in [3.8, 4) is 0 Å². The smallest absolute Gasteiger partial charge is 0.123 e. The van der Waals surface area contributed by atoms with E-state index in [9.17, 15) is 9.50 Å². The van der Waals surface area contributed by atoms with Gasteiger partial charge in [0.05, 0.1) is 6.10 Å². The highest BCUT2D eigenvalue weighted by atomic mass is 19.1. The molecule has 88 valence electrons. The zero-order chi connectivity index (χ0) is 11.7. The molecule has 2 rings (SSSR count). The Balaban J connectivity index is 2.31. The highest BCUT2D eigenvalue weighted by Crippen LogP contribution is 2.28. The molecule has 1 aliphatic rings. The first kappa shape index (κ1) is 11.6. The van der Waals surface area contributed by atoms with Crippen LogP contribution in [0.5, 0.6) is 0 Å². The van der Waals surface area contributed by atoms with E-state index in [1.54, 1.807) is 0 Å². The third-order valence-electron chi connectivity index (χ3n) is 3.33. The van der Waals surface area contributed by atoms with E-state index in [-0.39, 0.29) is 11.9 Å². The van der Waals surface area contributed by atoms with Crippen LogP contribution in [-0.4, -0.2) is 17.7 Å². The highest BCUT2D eigenvalue weighted by Gasteiger charge is 2.26. The summed E-state index contributed by atoms with van der Waals surface area (Å²) in [5, 5.41) is 13.6. The van der Waals surface area contributed by atoms with Crippen molar-refractivity contribution < 1.29 is 9.50 Å². The molecule has 1 aliphatic heterocycles. The van der Waals surface area contributed by atoms with Crippen LogP contribution in [0.4, 0.5) is 4.39 Å². The average molecular weight is 223 g/mol. The standard InChI is InChI=1S/C13H18FNO/c1-8-6-10(14)7-9(2)12(8)13(16)11-4-3-5-15-11/h6-7,11,13,15-16H,3-5H2,1-2H3. The number of aliphatic hydroxyl groups is 1. The second kappa shape index (κ2) is 4.52. The lowest BCUT2D eigenvalue weighted by Crippen LogP contribution is -2.29. The van der Waals surface area contributed by atoms with Crippen molar-refractivity contribution in [1.29, 1.82) is 0 Å². The molecule has 2 unspecified atom stereocenters. The Bertz CT molecular complexity index is 363. The molecule has 2 N–H and O–H groups in total. The second-order valence-electron chi connectivity index (χ2n) is 4.60. The Morgan fingerprint density at radius 2 is 2.00 bits per heavy atom. The molecule has 0 aromatic heterocycles. The summed E-state index contributed by atoms with van der Waals surface area (Å²) in [6.45, 7) is 4.66. The Morgan fingerprint density at radius 3 is 2.50 bits per heavy atom. The number of rotatable bonds is 2. The summed E-state index contributed by atoms with van der Waals surface area (Å²) >= 11 is 0. The zero-order valence-electron chi connectivity index (χ0n) is 9.76. The predicted molar refractivity (Wildman–Crippen MR) is 61.9 cm³/mol. The fourth-order valence-corrected chi connectivity index (χ4v) is 2.57. The minimum atomic E-state index is -0.525. The number of hydrogen-bond donors (Lipinski definition) is 2. The summed E-state index contributed by atoms with van der Waals surface area (Å²) < 4.78 is 13.2. The maximum Gasteiger partial charge on any atom is 0.123 e. The molecule has 1 aromatic rings. The van der Waals surface area contributed by atoms with Crippen LogP contribution in [0.15, 0.2) is 12.1 Å². The molecule has 2 nitrogen and oxygen atoms in total. The van der Waals surface area contributed by atoms with Gasteiger partial charge in [-0.05, 0) is 62.1 Å². The second-order valence-corrected chi connectivity index (χ2v) is 4.60. The van der Waals surface area contributed by atoms with Gasteiger partial charge in [-0.2, -0.15) is 0 Å². The molecule has 0 spiro atoms. The molecule has 1 heterocycles. The summed E-state index contributed by atoms with van der Waals surface area (Å²) in [4.78, 5) is 0. The van der Waals surface area contributed by atoms with Crippen molar-refractivity contribution in [2.24, 2.45) is 0 Å². The van der Waals surface area contributed by atoms with Gasteiger partial charge < -0.3 is 10.4 Å². The summed E-state index contributed by atoms with van der Waals surface area (Å²) in [5.41, 5.74) is 2.54. The Kier molecular flexibility index (Phi) is 3.26. The summed E-state index contributed by atoms with van der Waals surface area (Å²) in [7, 11) is 0. The molecule has 16 heavy (non-hydrogen) atoms. The van der Waals surface area contributed by atoms with E-state index >= 15 is 0 Å². The van der Waals surface area contributed by atoms with Crippen molar-refractivity contribution in [2.45, 2.75) is 38.8 Å². The Morgan fingerprint density at radius 1 is 1.38 bits per heavy atom. The van der Waals surface area contributed by atoms with Crippen molar-refractivity contribution >= 4 is 0 Å². The molecule has 0 aliphatic carbocycles. The molecule has 1 saturated heterocycles. The quantitative estimate of drug-likeness (QED) is 0.805. The Hall–Kier alpha value is -0.930. The fourth-order valence-electron chi connectivity index (χ4n) is 2.57. The van der Waals surface area contributed by atoms with Gasteiger partial charge in [-0.3, -0.25) is 0 Å². The number of halogens is 1. The lowest BCUT2D eigenvalue weighted by Gasteiger charge is -2.22. The van der Waals surface area contributed by atoms with E-state index < -0.39 is 6.10 Å². The van der Waals surface area contributed by atoms with E-state index in [0.29, 0.717) is 0 Å². The number of benzene rings is 1. The third kappa shape index (κ3) is 2.11.